The average Bonchev–Trinajstić information content (AvgIpc) is 2.59. The van der Waals surface area contributed by atoms with Gasteiger partial charge in [-0.2, -0.15) is 0 Å². The van der Waals surface area contributed by atoms with Crippen LogP contribution in [0.25, 0.3) is 0 Å². The monoisotopic (exact) mass is 377 g/mol. The van der Waals surface area contributed by atoms with Crippen LogP contribution in [0.15, 0.2) is 12.1 Å². The van der Waals surface area contributed by atoms with Gasteiger partial charge >= 0.3 is 6.09 Å². The van der Waals surface area contributed by atoms with Gasteiger partial charge in [-0.1, -0.05) is 0 Å². The highest BCUT2D eigenvalue weighted by Gasteiger charge is 2.39. The Labute approximate surface area is 161 Å². The van der Waals surface area contributed by atoms with Gasteiger partial charge in [0.25, 0.3) is 0 Å². The molecule has 0 aliphatic carbocycles. The fourth-order valence-corrected chi connectivity index (χ4v) is 4.01. The molecule has 1 fully saturated rings. The van der Waals surface area contributed by atoms with Crippen molar-refractivity contribution in [2.75, 3.05) is 27.3 Å². The van der Waals surface area contributed by atoms with E-state index in [1.165, 1.54) is 11.1 Å². The fraction of sp³-hybridized carbons (Fsp3) is 0.650. The number of hydrogen-bond acceptors (Lipinski definition) is 6. The molecular weight excluding hydrogens is 346 g/mol. The first-order valence-corrected chi connectivity index (χ1v) is 9.45. The highest BCUT2D eigenvalue weighted by atomic mass is 16.6. The maximum Gasteiger partial charge on any atom is 0.407 e. The number of ether oxygens (including phenoxy) is 3. The second-order valence-corrected chi connectivity index (χ2v) is 8.32. The Morgan fingerprint density at radius 3 is 2.52 bits per heavy atom. The smallest absolute Gasteiger partial charge is 0.407 e. The summed E-state index contributed by atoms with van der Waals surface area (Å²) in [7, 11) is 3.30. The summed E-state index contributed by atoms with van der Waals surface area (Å²) in [5.41, 5.74) is 8.32. The quantitative estimate of drug-likeness (QED) is 0.840. The van der Waals surface area contributed by atoms with Gasteiger partial charge in [0.2, 0.25) is 0 Å². The molecule has 1 aromatic rings. The molecular formula is C20H31N3O4. The van der Waals surface area contributed by atoms with Gasteiger partial charge in [0.1, 0.15) is 5.60 Å². The minimum atomic E-state index is -0.532. The lowest BCUT2D eigenvalue weighted by Crippen LogP contribution is -2.60. The summed E-state index contributed by atoms with van der Waals surface area (Å²) in [5, 5.41) is 2.97. The molecule has 0 aromatic heterocycles. The van der Waals surface area contributed by atoms with Crippen LogP contribution in [0.5, 0.6) is 11.5 Å². The number of piperidine rings is 1. The van der Waals surface area contributed by atoms with E-state index in [2.05, 4.69) is 22.3 Å². The molecule has 0 radical (unpaired) electrons. The van der Waals surface area contributed by atoms with Gasteiger partial charge in [0, 0.05) is 25.2 Å². The molecule has 2 aliphatic rings. The molecule has 1 amide bonds. The van der Waals surface area contributed by atoms with E-state index in [0.29, 0.717) is 0 Å². The highest BCUT2D eigenvalue weighted by Crippen LogP contribution is 2.41. The van der Waals surface area contributed by atoms with Gasteiger partial charge in [-0.3, -0.25) is 4.90 Å². The number of nitrogens with zero attached hydrogens (tertiary/aromatic N) is 1. The predicted molar refractivity (Wildman–Crippen MR) is 103 cm³/mol. The molecule has 3 rings (SSSR count). The molecule has 3 N–H and O–H groups in total. The second-order valence-electron chi connectivity index (χ2n) is 8.32. The van der Waals surface area contributed by atoms with E-state index in [4.69, 9.17) is 19.9 Å². The lowest BCUT2D eigenvalue weighted by atomic mass is 9.83. The Balaban J connectivity index is 1.81. The molecule has 7 nitrogen and oxygen atoms in total. The number of benzene rings is 1. The average molecular weight is 377 g/mol. The van der Waals surface area contributed by atoms with Gasteiger partial charge in [-0.15, -0.1) is 0 Å². The molecule has 0 saturated carbocycles. The Morgan fingerprint density at radius 1 is 1.22 bits per heavy atom. The summed E-state index contributed by atoms with van der Waals surface area (Å²) in [6.07, 6.45) is 1.27. The minimum Gasteiger partial charge on any atom is -0.493 e. The topological polar surface area (TPSA) is 86.0 Å². The van der Waals surface area contributed by atoms with Crippen LogP contribution in [0.4, 0.5) is 4.79 Å². The first-order chi connectivity index (χ1) is 12.7. The molecule has 0 bridgehead atoms. The SMILES string of the molecule is COc1cc2c(cc1OC)C1CC(NC(=O)OC(C)(C)C)C(N)CN1CC2. The van der Waals surface area contributed by atoms with Gasteiger partial charge in [0.05, 0.1) is 20.3 Å². The van der Waals surface area contributed by atoms with E-state index >= 15 is 0 Å². The number of alkyl carbamates (subject to hydrolysis) is 1. The van der Waals surface area contributed by atoms with Gasteiger partial charge < -0.3 is 25.3 Å². The molecule has 3 unspecified atom stereocenters. The molecule has 0 spiro atoms. The van der Waals surface area contributed by atoms with Crippen LogP contribution in [-0.4, -0.2) is 56.0 Å². The number of nitrogens with one attached hydrogen (secondary N) is 1. The van der Waals surface area contributed by atoms with E-state index in [1.807, 2.05) is 20.8 Å². The van der Waals surface area contributed by atoms with Crippen LogP contribution in [0.1, 0.15) is 44.4 Å². The summed E-state index contributed by atoms with van der Waals surface area (Å²) < 4.78 is 16.3. The third-order valence-electron chi connectivity index (χ3n) is 5.25. The predicted octanol–water partition coefficient (Wildman–Crippen LogP) is 2.23. The second kappa shape index (κ2) is 7.56. The molecule has 2 aliphatic heterocycles. The van der Waals surface area contributed by atoms with Gasteiger partial charge in [-0.05, 0) is 56.9 Å². The fourth-order valence-electron chi connectivity index (χ4n) is 4.01. The van der Waals surface area contributed by atoms with Gasteiger partial charge in [0.15, 0.2) is 11.5 Å². The number of methoxy groups -OCH3 is 2. The number of carbonyl (C=O) groups excluding carboxylic acids is 1. The molecule has 1 aromatic carbocycles. The van der Waals surface area contributed by atoms with Crippen molar-refractivity contribution in [1.82, 2.24) is 10.2 Å². The molecule has 7 heteroatoms. The van der Waals surface area contributed by atoms with Crippen molar-refractivity contribution in [1.29, 1.82) is 0 Å². The number of amides is 1. The Morgan fingerprint density at radius 2 is 1.89 bits per heavy atom. The zero-order valence-electron chi connectivity index (χ0n) is 16.9. The summed E-state index contributed by atoms with van der Waals surface area (Å²) in [6, 6.07) is 4.05. The molecule has 2 heterocycles. The Bertz CT molecular complexity index is 701. The molecule has 3 atom stereocenters. The number of carbonyl (C=O) groups is 1. The summed E-state index contributed by atoms with van der Waals surface area (Å²) in [4.78, 5) is 14.6. The minimum absolute atomic E-state index is 0.129. The van der Waals surface area contributed by atoms with Crippen molar-refractivity contribution in [2.24, 2.45) is 5.73 Å². The van der Waals surface area contributed by atoms with Gasteiger partial charge in [-0.25, -0.2) is 4.79 Å². The van der Waals surface area contributed by atoms with Crippen LogP contribution >= 0.6 is 0 Å². The summed E-state index contributed by atoms with van der Waals surface area (Å²) in [6.45, 7) is 7.24. The molecule has 150 valence electrons. The van der Waals surface area contributed by atoms with Crippen LogP contribution < -0.4 is 20.5 Å². The summed E-state index contributed by atoms with van der Waals surface area (Å²) >= 11 is 0. The van der Waals surface area contributed by atoms with E-state index in [-0.39, 0.29) is 18.1 Å². The molecule has 1 saturated heterocycles. The number of fused-ring (bicyclic) bond motifs is 3. The highest BCUT2D eigenvalue weighted by molar-refractivity contribution is 5.68. The normalized spacial score (nSPS) is 25.2. The Hall–Kier alpha value is -1.99. The van der Waals surface area contributed by atoms with Crippen molar-refractivity contribution in [3.05, 3.63) is 23.3 Å². The van der Waals surface area contributed by atoms with Crippen LogP contribution in [0.2, 0.25) is 0 Å². The number of nitrogens with two attached hydrogens (primary N) is 1. The first kappa shape index (κ1) is 19.8. The van der Waals surface area contributed by atoms with Crippen LogP contribution in [0.3, 0.4) is 0 Å². The maximum atomic E-state index is 12.2. The van der Waals surface area contributed by atoms with E-state index < -0.39 is 11.7 Å². The zero-order valence-corrected chi connectivity index (χ0v) is 16.9. The maximum absolute atomic E-state index is 12.2. The van der Waals surface area contributed by atoms with Crippen molar-refractivity contribution in [3.8, 4) is 11.5 Å². The van der Waals surface area contributed by atoms with E-state index in [0.717, 1.165) is 37.4 Å². The lowest BCUT2D eigenvalue weighted by Gasteiger charge is -2.46. The van der Waals surface area contributed by atoms with Crippen molar-refractivity contribution in [3.63, 3.8) is 0 Å². The van der Waals surface area contributed by atoms with E-state index in [1.54, 1.807) is 14.2 Å². The Kier molecular flexibility index (Phi) is 5.53. The third kappa shape index (κ3) is 4.30. The van der Waals surface area contributed by atoms with Crippen LogP contribution in [-0.2, 0) is 11.2 Å². The van der Waals surface area contributed by atoms with E-state index in [9.17, 15) is 4.79 Å². The third-order valence-corrected chi connectivity index (χ3v) is 5.25. The van der Waals surface area contributed by atoms with Crippen molar-refractivity contribution >= 4 is 6.09 Å². The molecule has 27 heavy (non-hydrogen) atoms. The zero-order chi connectivity index (χ0) is 19.8. The standard InChI is InChI=1S/C20H31N3O4/c1-20(2,3)27-19(24)22-15-10-16-13-9-18(26-5)17(25-4)8-12(13)6-7-23(16)11-14(15)21/h8-9,14-16H,6-7,10-11,21H2,1-5H3,(H,22,24). The number of rotatable bonds is 3. The first-order valence-electron chi connectivity index (χ1n) is 9.45. The largest absolute Gasteiger partial charge is 0.493 e. The lowest BCUT2D eigenvalue weighted by molar-refractivity contribution is 0.0417. The van der Waals surface area contributed by atoms with Crippen molar-refractivity contribution in [2.45, 2.75) is 57.3 Å². The van der Waals surface area contributed by atoms with Crippen LogP contribution in [0, 0.1) is 0 Å². The summed E-state index contributed by atoms with van der Waals surface area (Å²) in [5.74, 6) is 1.48. The number of hydrogen-bond donors (Lipinski definition) is 2. The van der Waals surface area contributed by atoms with Crippen molar-refractivity contribution < 1.29 is 19.0 Å².